The molecule has 0 bridgehead atoms. The molecule has 0 N–H and O–H groups in total. The first kappa shape index (κ1) is 9.58. The van der Waals surface area contributed by atoms with Gasteiger partial charge in [-0.15, -0.1) is 0 Å². The van der Waals surface area contributed by atoms with Gasteiger partial charge in [-0.3, -0.25) is 9.78 Å². The van der Waals surface area contributed by atoms with E-state index >= 15 is 0 Å². The fraction of sp³-hybridized carbons (Fsp3) is 0.182. The predicted molar refractivity (Wildman–Crippen MR) is 56.1 cm³/mol. The summed E-state index contributed by atoms with van der Waals surface area (Å²) in [4.78, 5) is 19.0. The molecule has 0 saturated heterocycles. The molecule has 0 radical (unpaired) electrons. The fourth-order valence-electron chi connectivity index (χ4n) is 1.52. The molecule has 4 nitrogen and oxygen atoms in total. The van der Waals surface area contributed by atoms with Crippen molar-refractivity contribution in [2.24, 2.45) is 0 Å². The predicted octanol–water partition coefficient (Wildman–Crippen LogP) is 1.64. The maximum Gasteiger partial charge on any atom is 0.170 e. The normalized spacial score (nSPS) is 10.2. The maximum absolute atomic E-state index is 10.8. The van der Waals surface area contributed by atoms with Crippen LogP contribution in [0.4, 0.5) is 0 Å². The van der Waals surface area contributed by atoms with Gasteiger partial charge in [0.25, 0.3) is 0 Å². The van der Waals surface area contributed by atoms with E-state index in [2.05, 4.69) is 9.97 Å². The molecule has 2 aromatic heterocycles. The van der Waals surface area contributed by atoms with E-state index in [0.29, 0.717) is 5.69 Å². The first-order chi connectivity index (χ1) is 7.36. The van der Waals surface area contributed by atoms with E-state index in [9.17, 15) is 4.79 Å². The molecule has 0 amide bonds. The van der Waals surface area contributed by atoms with Crippen LogP contribution in [0.2, 0.25) is 0 Å². The average molecular weight is 201 g/mol. The molecule has 2 aromatic rings. The maximum atomic E-state index is 10.8. The van der Waals surface area contributed by atoms with E-state index in [0.717, 1.165) is 24.2 Å². The minimum absolute atomic E-state index is 0.435. The van der Waals surface area contributed by atoms with Crippen molar-refractivity contribution in [3.05, 3.63) is 42.2 Å². The second-order valence-corrected chi connectivity index (χ2v) is 3.09. The SMILES string of the molecule is CCc1nccn1-c1cccnc1C=O. The second kappa shape index (κ2) is 4.04. The first-order valence-corrected chi connectivity index (χ1v) is 4.79. The Morgan fingerprint density at radius 2 is 2.27 bits per heavy atom. The number of aryl methyl sites for hydroxylation is 1. The van der Waals surface area contributed by atoms with Gasteiger partial charge in [0.05, 0.1) is 5.69 Å². The summed E-state index contributed by atoms with van der Waals surface area (Å²) < 4.78 is 1.89. The van der Waals surface area contributed by atoms with Crippen LogP contribution in [0, 0.1) is 0 Å². The van der Waals surface area contributed by atoms with Crippen molar-refractivity contribution >= 4 is 6.29 Å². The Labute approximate surface area is 87.6 Å². The van der Waals surface area contributed by atoms with Gasteiger partial charge < -0.3 is 4.57 Å². The summed E-state index contributed by atoms with van der Waals surface area (Å²) in [5.41, 5.74) is 1.21. The number of pyridine rings is 1. The molecular weight excluding hydrogens is 190 g/mol. The van der Waals surface area contributed by atoms with Crippen molar-refractivity contribution in [2.75, 3.05) is 0 Å². The minimum atomic E-state index is 0.435. The monoisotopic (exact) mass is 201 g/mol. The third-order valence-electron chi connectivity index (χ3n) is 2.22. The second-order valence-electron chi connectivity index (χ2n) is 3.09. The Morgan fingerprint density at radius 1 is 1.40 bits per heavy atom. The van der Waals surface area contributed by atoms with Gasteiger partial charge in [0.2, 0.25) is 0 Å². The lowest BCUT2D eigenvalue weighted by molar-refractivity contribution is 0.111. The van der Waals surface area contributed by atoms with E-state index in [1.165, 1.54) is 0 Å². The summed E-state index contributed by atoms with van der Waals surface area (Å²) in [6.07, 6.45) is 6.74. The van der Waals surface area contributed by atoms with E-state index in [1.54, 1.807) is 12.4 Å². The van der Waals surface area contributed by atoms with Crippen LogP contribution < -0.4 is 0 Å². The molecule has 0 aliphatic heterocycles. The Hall–Kier alpha value is -1.97. The lowest BCUT2D eigenvalue weighted by Crippen LogP contribution is -2.03. The molecule has 0 unspecified atom stereocenters. The number of carbonyl (C=O) groups is 1. The highest BCUT2D eigenvalue weighted by Crippen LogP contribution is 2.12. The first-order valence-electron chi connectivity index (χ1n) is 4.79. The van der Waals surface area contributed by atoms with Crippen molar-refractivity contribution in [3.8, 4) is 5.69 Å². The number of nitrogens with zero attached hydrogens (tertiary/aromatic N) is 3. The molecule has 4 heteroatoms. The molecule has 2 heterocycles. The standard InChI is InChI=1S/C11H11N3O/c1-2-11-13-6-7-14(11)10-4-3-5-12-9(10)8-15/h3-8H,2H2,1H3. The van der Waals surface area contributed by atoms with Gasteiger partial charge in [-0.1, -0.05) is 6.92 Å². The molecule has 0 aromatic carbocycles. The van der Waals surface area contributed by atoms with Crippen LogP contribution >= 0.6 is 0 Å². The number of hydrogen-bond donors (Lipinski definition) is 0. The van der Waals surface area contributed by atoms with Crippen molar-refractivity contribution in [1.29, 1.82) is 0 Å². The third-order valence-corrected chi connectivity index (χ3v) is 2.22. The highest BCUT2D eigenvalue weighted by molar-refractivity contribution is 5.77. The number of hydrogen-bond acceptors (Lipinski definition) is 3. The van der Waals surface area contributed by atoms with Crippen molar-refractivity contribution in [1.82, 2.24) is 14.5 Å². The number of aldehydes is 1. The Bertz CT molecular complexity index is 476. The Morgan fingerprint density at radius 3 is 3.00 bits per heavy atom. The third kappa shape index (κ3) is 1.66. The number of carbonyl (C=O) groups excluding carboxylic acids is 1. The summed E-state index contributed by atoms with van der Waals surface area (Å²) in [7, 11) is 0. The van der Waals surface area contributed by atoms with E-state index in [4.69, 9.17) is 0 Å². The van der Waals surface area contributed by atoms with Gasteiger partial charge in [0.15, 0.2) is 6.29 Å². The van der Waals surface area contributed by atoms with Gasteiger partial charge in [-0.2, -0.15) is 0 Å². The molecule has 0 saturated carbocycles. The summed E-state index contributed by atoms with van der Waals surface area (Å²) in [6, 6.07) is 3.67. The van der Waals surface area contributed by atoms with E-state index < -0.39 is 0 Å². The lowest BCUT2D eigenvalue weighted by atomic mass is 10.3. The minimum Gasteiger partial charge on any atom is -0.301 e. The Kier molecular flexibility index (Phi) is 2.58. The van der Waals surface area contributed by atoms with Crippen LogP contribution in [0.5, 0.6) is 0 Å². The zero-order valence-electron chi connectivity index (χ0n) is 8.42. The molecule has 0 fully saturated rings. The highest BCUT2D eigenvalue weighted by Gasteiger charge is 2.07. The molecule has 2 rings (SSSR count). The molecule has 0 aliphatic rings. The molecule has 0 aliphatic carbocycles. The van der Waals surface area contributed by atoms with Crippen LogP contribution in [0.1, 0.15) is 23.2 Å². The number of imidazole rings is 1. The largest absolute Gasteiger partial charge is 0.301 e. The van der Waals surface area contributed by atoms with Crippen molar-refractivity contribution < 1.29 is 4.79 Å². The topological polar surface area (TPSA) is 47.8 Å². The highest BCUT2D eigenvalue weighted by atomic mass is 16.1. The van der Waals surface area contributed by atoms with Gasteiger partial charge in [0.1, 0.15) is 11.5 Å². The van der Waals surface area contributed by atoms with Crippen LogP contribution in [-0.2, 0) is 6.42 Å². The zero-order chi connectivity index (χ0) is 10.7. The summed E-state index contributed by atoms with van der Waals surface area (Å²) in [5.74, 6) is 0.922. The van der Waals surface area contributed by atoms with Gasteiger partial charge >= 0.3 is 0 Å². The number of aromatic nitrogens is 3. The molecule has 0 spiro atoms. The summed E-state index contributed by atoms with van der Waals surface area (Å²) in [6.45, 7) is 2.02. The van der Waals surface area contributed by atoms with E-state index in [-0.39, 0.29) is 0 Å². The van der Waals surface area contributed by atoms with Crippen LogP contribution in [0.3, 0.4) is 0 Å². The summed E-state index contributed by atoms with van der Waals surface area (Å²) in [5, 5.41) is 0. The fourth-order valence-corrected chi connectivity index (χ4v) is 1.52. The molecule has 15 heavy (non-hydrogen) atoms. The van der Waals surface area contributed by atoms with Gasteiger partial charge in [-0.25, -0.2) is 4.98 Å². The van der Waals surface area contributed by atoms with Crippen LogP contribution in [-0.4, -0.2) is 20.8 Å². The zero-order valence-corrected chi connectivity index (χ0v) is 8.42. The van der Waals surface area contributed by atoms with Crippen LogP contribution in [0.25, 0.3) is 5.69 Å². The van der Waals surface area contributed by atoms with Crippen LogP contribution in [0.15, 0.2) is 30.7 Å². The average Bonchev–Trinajstić information content (AvgIpc) is 2.76. The van der Waals surface area contributed by atoms with Gasteiger partial charge in [0, 0.05) is 25.0 Å². The molecule has 76 valence electrons. The Balaban J connectivity index is 2.58. The van der Waals surface area contributed by atoms with Crippen molar-refractivity contribution in [2.45, 2.75) is 13.3 Å². The lowest BCUT2D eigenvalue weighted by Gasteiger charge is -2.07. The molecule has 0 atom stereocenters. The quantitative estimate of drug-likeness (QED) is 0.709. The smallest absolute Gasteiger partial charge is 0.170 e. The van der Waals surface area contributed by atoms with Gasteiger partial charge in [-0.05, 0) is 12.1 Å². The number of rotatable bonds is 3. The summed E-state index contributed by atoms with van der Waals surface area (Å²) >= 11 is 0. The molecular formula is C11H11N3O. The van der Waals surface area contributed by atoms with Crippen molar-refractivity contribution in [3.63, 3.8) is 0 Å². The van der Waals surface area contributed by atoms with E-state index in [1.807, 2.05) is 29.8 Å².